The first kappa shape index (κ1) is 10.2. The van der Waals surface area contributed by atoms with Crippen molar-refractivity contribution in [2.45, 2.75) is 19.6 Å². The number of aromatic nitrogens is 2. The third-order valence-electron chi connectivity index (χ3n) is 1.92. The molecule has 4 nitrogen and oxygen atoms in total. The molecular weight excluding hydrogens is 166 g/mol. The minimum absolute atomic E-state index is 0.236. The molecule has 0 saturated carbocycles. The molecule has 0 spiro atoms. The summed E-state index contributed by atoms with van der Waals surface area (Å²) >= 11 is 0. The van der Waals surface area contributed by atoms with E-state index in [-0.39, 0.29) is 6.10 Å². The Kier molecular flexibility index (Phi) is 3.92. The van der Waals surface area contributed by atoms with Gasteiger partial charge in [-0.05, 0) is 14.0 Å². The number of hydrogen-bond donors (Lipinski definition) is 1. The molecule has 1 aromatic rings. The van der Waals surface area contributed by atoms with Crippen LogP contribution in [0.2, 0.25) is 0 Å². The van der Waals surface area contributed by atoms with Gasteiger partial charge in [0.25, 0.3) is 0 Å². The minimum atomic E-state index is 0.236. The predicted octanol–water partition coefficient (Wildman–Crippen LogP) is 0.545. The highest BCUT2D eigenvalue weighted by atomic mass is 16.5. The molecule has 1 N–H and O–H groups in total. The van der Waals surface area contributed by atoms with Crippen molar-refractivity contribution in [3.63, 3.8) is 0 Å². The second kappa shape index (κ2) is 4.99. The van der Waals surface area contributed by atoms with Crippen molar-refractivity contribution in [3.05, 3.63) is 18.2 Å². The molecule has 1 unspecified atom stereocenters. The van der Waals surface area contributed by atoms with Crippen LogP contribution in [0.15, 0.2) is 12.5 Å². The molecule has 1 atom stereocenters. The van der Waals surface area contributed by atoms with Gasteiger partial charge in [0.05, 0.1) is 30.9 Å². The number of ether oxygens (including phenoxy) is 1. The average Bonchev–Trinajstić information content (AvgIpc) is 2.48. The van der Waals surface area contributed by atoms with E-state index in [0.29, 0.717) is 6.61 Å². The van der Waals surface area contributed by atoms with Crippen LogP contribution in [0.3, 0.4) is 0 Å². The lowest BCUT2D eigenvalue weighted by Crippen LogP contribution is -2.23. The number of nitrogens with one attached hydrogen (secondary N) is 1. The standard InChI is InChI=1S/C9H17N3O/c1-8(4-10-2)13-6-9-5-11-7-12(9)3/h5,7-8,10H,4,6H2,1-3H3. The Balaban J connectivity index is 2.30. The molecule has 0 radical (unpaired) electrons. The molecule has 1 rings (SSSR count). The molecule has 74 valence electrons. The molecule has 13 heavy (non-hydrogen) atoms. The Bertz CT molecular complexity index is 247. The fraction of sp³-hybridized carbons (Fsp3) is 0.667. The van der Waals surface area contributed by atoms with Gasteiger partial charge in [0.2, 0.25) is 0 Å². The van der Waals surface area contributed by atoms with Gasteiger partial charge in [-0.3, -0.25) is 0 Å². The summed E-state index contributed by atoms with van der Waals surface area (Å²) in [5.41, 5.74) is 1.10. The number of hydrogen-bond acceptors (Lipinski definition) is 3. The van der Waals surface area contributed by atoms with Crippen LogP contribution in [0.4, 0.5) is 0 Å². The zero-order valence-electron chi connectivity index (χ0n) is 8.45. The third kappa shape index (κ3) is 3.16. The van der Waals surface area contributed by atoms with Crippen LogP contribution >= 0.6 is 0 Å². The minimum Gasteiger partial charge on any atom is -0.371 e. The monoisotopic (exact) mass is 183 g/mol. The van der Waals surface area contributed by atoms with Gasteiger partial charge in [-0.15, -0.1) is 0 Å². The van der Waals surface area contributed by atoms with Gasteiger partial charge >= 0.3 is 0 Å². The molecule has 0 fully saturated rings. The predicted molar refractivity (Wildman–Crippen MR) is 51.4 cm³/mol. The summed E-state index contributed by atoms with van der Waals surface area (Å²) in [5.74, 6) is 0. The fourth-order valence-corrected chi connectivity index (χ4v) is 1.10. The highest BCUT2D eigenvalue weighted by Gasteiger charge is 2.02. The Morgan fingerprint density at radius 2 is 2.46 bits per heavy atom. The molecule has 0 aromatic carbocycles. The Hall–Kier alpha value is -0.870. The summed E-state index contributed by atoms with van der Waals surface area (Å²) < 4.78 is 7.55. The van der Waals surface area contributed by atoms with Gasteiger partial charge in [-0.1, -0.05) is 0 Å². The summed E-state index contributed by atoms with van der Waals surface area (Å²) in [6.45, 7) is 3.55. The maximum Gasteiger partial charge on any atom is 0.0946 e. The van der Waals surface area contributed by atoms with Crippen LogP contribution in [-0.2, 0) is 18.4 Å². The topological polar surface area (TPSA) is 39.1 Å². The van der Waals surface area contributed by atoms with Crippen LogP contribution in [0, 0.1) is 0 Å². The van der Waals surface area contributed by atoms with Crippen molar-refractivity contribution in [3.8, 4) is 0 Å². The van der Waals surface area contributed by atoms with E-state index in [1.807, 2.05) is 31.8 Å². The van der Waals surface area contributed by atoms with E-state index in [1.54, 1.807) is 6.33 Å². The molecule has 1 heterocycles. The van der Waals surface area contributed by atoms with Gasteiger partial charge in [-0.25, -0.2) is 4.98 Å². The van der Waals surface area contributed by atoms with Crippen LogP contribution < -0.4 is 5.32 Å². The fourth-order valence-electron chi connectivity index (χ4n) is 1.10. The number of nitrogens with zero attached hydrogens (tertiary/aromatic N) is 2. The first-order valence-corrected chi connectivity index (χ1v) is 4.45. The van der Waals surface area contributed by atoms with Gasteiger partial charge in [-0.2, -0.15) is 0 Å². The lowest BCUT2D eigenvalue weighted by Gasteiger charge is -2.12. The van der Waals surface area contributed by atoms with Crippen molar-refractivity contribution in [2.75, 3.05) is 13.6 Å². The maximum absolute atomic E-state index is 5.58. The smallest absolute Gasteiger partial charge is 0.0946 e. The van der Waals surface area contributed by atoms with Crippen molar-refractivity contribution in [2.24, 2.45) is 7.05 Å². The average molecular weight is 183 g/mol. The Morgan fingerprint density at radius 3 is 3.00 bits per heavy atom. The summed E-state index contributed by atoms with van der Waals surface area (Å²) in [4.78, 5) is 4.01. The molecule has 0 aliphatic heterocycles. The zero-order valence-corrected chi connectivity index (χ0v) is 8.45. The first-order chi connectivity index (χ1) is 6.24. The van der Waals surface area contributed by atoms with Gasteiger partial charge < -0.3 is 14.6 Å². The molecular formula is C9H17N3O. The highest BCUT2D eigenvalue weighted by molar-refractivity contribution is 4.95. The number of imidazole rings is 1. The largest absolute Gasteiger partial charge is 0.371 e. The quantitative estimate of drug-likeness (QED) is 0.724. The van der Waals surface area contributed by atoms with Crippen LogP contribution in [0.1, 0.15) is 12.6 Å². The second-order valence-electron chi connectivity index (χ2n) is 3.18. The lowest BCUT2D eigenvalue weighted by molar-refractivity contribution is 0.0512. The van der Waals surface area contributed by atoms with Crippen molar-refractivity contribution in [1.82, 2.24) is 14.9 Å². The van der Waals surface area contributed by atoms with Gasteiger partial charge in [0.1, 0.15) is 0 Å². The second-order valence-corrected chi connectivity index (χ2v) is 3.18. The first-order valence-electron chi connectivity index (χ1n) is 4.45. The maximum atomic E-state index is 5.58. The molecule has 0 aliphatic carbocycles. The Labute approximate surface area is 78.9 Å². The van der Waals surface area contributed by atoms with Crippen LogP contribution in [0.5, 0.6) is 0 Å². The molecule has 0 bridgehead atoms. The van der Waals surface area contributed by atoms with Crippen LogP contribution in [-0.4, -0.2) is 29.2 Å². The van der Waals surface area contributed by atoms with Gasteiger partial charge in [0, 0.05) is 13.6 Å². The van der Waals surface area contributed by atoms with Crippen LogP contribution in [0.25, 0.3) is 0 Å². The molecule has 0 saturated heterocycles. The van der Waals surface area contributed by atoms with E-state index in [2.05, 4.69) is 10.3 Å². The van der Waals surface area contributed by atoms with Crippen molar-refractivity contribution >= 4 is 0 Å². The summed E-state index contributed by atoms with van der Waals surface area (Å²) in [5, 5.41) is 3.06. The van der Waals surface area contributed by atoms with E-state index in [0.717, 1.165) is 12.2 Å². The van der Waals surface area contributed by atoms with E-state index in [9.17, 15) is 0 Å². The summed E-state index contributed by atoms with van der Waals surface area (Å²) in [6, 6.07) is 0. The molecule has 1 aromatic heterocycles. The van der Waals surface area contributed by atoms with E-state index in [1.165, 1.54) is 0 Å². The van der Waals surface area contributed by atoms with Gasteiger partial charge in [0.15, 0.2) is 0 Å². The lowest BCUT2D eigenvalue weighted by atomic mass is 10.4. The molecule has 4 heteroatoms. The highest BCUT2D eigenvalue weighted by Crippen LogP contribution is 2.01. The van der Waals surface area contributed by atoms with E-state index < -0.39 is 0 Å². The molecule has 0 amide bonds. The van der Waals surface area contributed by atoms with E-state index in [4.69, 9.17) is 4.74 Å². The normalized spacial score (nSPS) is 13.2. The zero-order chi connectivity index (χ0) is 9.68. The van der Waals surface area contributed by atoms with E-state index >= 15 is 0 Å². The third-order valence-corrected chi connectivity index (χ3v) is 1.92. The van der Waals surface area contributed by atoms with Crippen molar-refractivity contribution < 1.29 is 4.74 Å². The Morgan fingerprint density at radius 1 is 1.69 bits per heavy atom. The summed E-state index contributed by atoms with van der Waals surface area (Å²) in [6.07, 6.45) is 3.84. The number of aryl methyl sites for hydroxylation is 1. The van der Waals surface area contributed by atoms with Crippen molar-refractivity contribution in [1.29, 1.82) is 0 Å². The SMILES string of the molecule is CNCC(C)OCc1cncn1C. The molecule has 0 aliphatic rings. The number of rotatable bonds is 5. The summed E-state index contributed by atoms with van der Waals surface area (Å²) in [7, 11) is 3.89. The number of likely N-dealkylation sites (N-methyl/N-ethyl adjacent to an activating group) is 1.